The van der Waals surface area contributed by atoms with Crippen molar-refractivity contribution < 1.29 is 0 Å². The Morgan fingerprint density at radius 2 is 1.83 bits per heavy atom. The van der Waals surface area contributed by atoms with Gasteiger partial charge in [-0.1, -0.05) is 17.8 Å². The van der Waals surface area contributed by atoms with Crippen molar-refractivity contribution in [1.82, 2.24) is 15.0 Å². The van der Waals surface area contributed by atoms with Crippen LogP contribution in [0.1, 0.15) is 26.7 Å². The lowest BCUT2D eigenvalue weighted by molar-refractivity contribution is 0.968. The van der Waals surface area contributed by atoms with Crippen molar-refractivity contribution in [2.45, 2.75) is 26.7 Å². The van der Waals surface area contributed by atoms with Gasteiger partial charge in [-0.05, 0) is 60.4 Å². The highest BCUT2D eigenvalue weighted by Gasteiger charge is 2.11. The molecule has 2 rings (SSSR count). The molecule has 2 heterocycles. The van der Waals surface area contributed by atoms with Gasteiger partial charge in [-0.2, -0.15) is 15.0 Å². The van der Waals surface area contributed by atoms with E-state index in [9.17, 15) is 0 Å². The van der Waals surface area contributed by atoms with Crippen LogP contribution in [0.15, 0.2) is 21.6 Å². The van der Waals surface area contributed by atoms with Gasteiger partial charge in [0.05, 0.1) is 5.03 Å². The van der Waals surface area contributed by atoms with Gasteiger partial charge >= 0.3 is 0 Å². The number of hydrogen-bond acceptors (Lipinski definition) is 5. The number of anilines is 1. The van der Waals surface area contributed by atoms with Crippen LogP contribution >= 0.6 is 35.0 Å². The number of aromatic nitrogens is 3. The second-order valence-electron chi connectivity index (χ2n) is 3.89. The molecule has 0 spiro atoms. The van der Waals surface area contributed by atoms with Crippen LogP contribution in [-0.2, 0) is 0 Å². The van der Waals surface area contributed by atoms with Crippen molar-refractivity contribution in [1.29, 1.82) is 0 Å². The van der Waals surface area contributed by atoms with Crippen molar-refractivity contribution in [2.24, 2.45) is 0 Å². The molecule has 1 aliphatic heterocycles. The van der Waals surface area contributed by atoms with Crippen LogP contribution in [0.25, 0.3) is 0 Å². The van der Waals surface area contributed by atoms with E-state index in [1.807, 2.05) is 0 Å². The van der Waals surface area contributed by atoms with Crippen molar-refractivity contribution in [3.63, 3.8) is 0 Å². The van der Waals surface area contributed by atoms with Crippen LogP contribution < -0.4 is 5.32 Å². The Balaban J connectivity index is 2.24. The van der Waals surface area contributed by atoms with E-state index in [4.69, 9.17) is 23.2 Å². The zero-order valence-electron chi connectivity index (χ0n) is 10.00. The Hall–Kier alpha value is -0.780. The summed E-state index contributed by atoms with van der Waals surface area (Å²) in [6.07, 6.45) is 4.28. The van der Waals surface area contributed by atoms with Gasteiger partial charge < -0.3 is 5.32 Å². The Kier molecular flexibility index (Phi) is 4.48. The van der Waals surface area contributed by atoms with Crippen LogP contribution in [0.4, 0.5) is 5.95 Å². The van der Waals surface area contributed by atoms with E-state index >= 15 is 0 Å². The molecule has 0 aliphatic carbocycles. The third-order valence-corrected chi connectivity index (χ3v) is 3.89. The first-order chi connectivity index (χ1) is 8.54. The molecule has 0 amide bonds. The highest BCUT2D eigenvalue weighted by atomic mass is 35.5. The molecule has 1 N–H and O–H groups in total. The summed E-state index contributed by atoms with van der Waals surface area (Å²) < 4.78 is 0. The second kappa shape index (κ2) is 5.91. The molecule has 1 aliphatic rings. The normalized spacial score (nSPS) is 16.3. The van der Waals surface area contributed by atoms with Crippen LogP contribution in [0.5, 0.6) is 0 Å². The Bertz CT molecular complexity index is 508. The average Bonchev–Trinajstić information content (AvgIpc) is 2.40. The minimum atomic E-state index is 0.0849. The molecule has 0 bridgehead atoms. The summed E-state index contributed by atoms with van der Waals surface area (Å²) in [6.45, 7) is 4.17. The van der Waals surface area contributed by atoms with Crippen molar-refractivity contribution >= 4 is 40.9 Å². The van der Waals surface area contributed by atoms with Gasteiger partial charge in [-0.25, -0.2) is 0 Å². The first-order valence-electron chi connectivity index (χ1n) is 5.43. The standard InChI is InChI=1S/C11H12Cl2N4S/c1-6-4-3-5-7(2)18-8(6)14-11-16-9(12)15-10(13)17-11/h5H,3-4H2,1-2H3,(H,14,15,16,17). The first kappa shape index (κ1) is 13.6. The van der Waals surface area contributed by atoms with Crippen LogP contribution in [0, 0.1) is 0 Å². The third-order valence-electron chi connectivity index (χ3n) is 2.41. The zero-order valence-corrected chi connectivity index (χ0v) is 12.3. The maximum Gasteiger partial charge on any atom is 0.233 e. The predicted octanol–water partition coefficient (Wildman–Crippen LogP) is 4.25. The first-order valence-corrected chi connectivity index (χ1v) is 7.00. The number of nitrogens with zero attached hydrogens (tertiary/aromatic N) is 3. The number of halogens is 2. The van der Waals surface area contributed by atoms with Crippen LogP contribution in [-0.4, -0.2) is 15.0 Å². The lowest BCUT2D eigenvalue weighted by atomic mass is 10.2. The fourth-order valence-corrected chi connectivity index (χ4v) is 2.82. The Morgan fingerprint density at radius 3 is 2.50 bits per heavy atom. The zero-order chi connectivity index (χ0) is 13.1. The molecule has 1 aromatic heterocycles. The van der Waals surface area contributed by atoms with E-state index in [1.54, 1.807) is 11.8 Å². The van der Waals surface area contributed by atoms with E-state index in [-0.39, 0.29) is 10.6 Å². The van der Waals surface area contributed by atoms with Crippen LogP contribution in [0.2, 0.25) is 10.6 Å². The summed E-state index contributed by atoms with van der Waals surface area (Å²) >= 11 is 13.2. The average molecular weight is 303 g/mol. The van der Waals surface area contributed by atoms with E-state index in [0.717, 1.165) is 17.9 Å². The lowest BCUT2D eigenvalue weighted by Gasteiger charge is -2.11. The summed E-state index contributed by atoms with van der Waals surface area (Å²) in [7, 11) is 0. The molecule has 0 atom stereocenters. The number of allylic oxidation sites excluding steroid dienone is 3. The van der Waals surface area contributed by atoms with E-state index in [1.165, 1.54) is 10.5 Å². The van der Waals surface area contributed by atoms with E-state index in [2.05, 4.69) is 40.2 Å². The minimum Gasteiger partial charge on any atom is -0.318 e. The molecule has 0 unspecified atom stereocenters. The minimum absolute atomic E-state index is 0.0849. The molecule has 18 heavy (non-hydrogen) atoms. The van der Waals surface area contributed by atoms with Crippen molar-refractivity contribution in [3.8, 4) is 0 Å². The van der Waals surface area contributed by atoms with Crippen molar-refractivity contribution in [2.75, 3.05) is 5.32 Å². The molecule has 4 nitrogen and oxygen atoms in total. The summed E-state index contributed by atoms with van der Waals surface area (Å²) in [5, 5.41) is 4.35. The number of rotatable bonds is 2. The largest absolute Gasteiger partial charge is 0.318 e. The number of nitrogens with one attached hydrogen (secondary N) is 1. The molecule has 96 valence electrons. The Labute approximate surface area is 120 Å². The van der Waals surface area contributed by atoms with Gasteiger partial charge in [-0.15, -0.1) is 0 Å². The molecule has 0 saturated carbocycles. The molecule has 0 saturated heterocycles. The summed E-state index contributed by atoms with van der Waals surface area (Å²) in [5.41, 5.74) is 1.26. The maximum absolute atomic E-state index is 5.74. The van der Waals surface area contributed by atoms with Gasteiger partial charge in [0, 0.05) is 0 Å². The quantitative estimate of drug-likeness (QED) is 0.885. The van der Waals surface area contributed by atoms with E-state index < -0.39 is 0 Å². The fraction of sp³-hybridized carbons (Fsp3) is 0.364. The molecule has 1 aromatic rings. The smallest absolute Gasteiger partial charge is 0.233 e. The molecular formula is C11H12Cl2N4S. The molecular weight excluding hydrogens is 291 g/mol. The third kappa shape index (κ3) is 3.60. The van der Waals surface area contributed by atoms with Gasteiger partial charge in [0.25, 0.3) is 0 Å². The highest BCUT2D eigenvalue weighted by Crippen LogP contribution is 2.33. The SMILES string of the molecule is CC1=CCCC(C)=C(Nc2nc(Cl)nc(Cl)n2)S1. The molecule has 0 aromatic carbocycles. The topological polar surface area (TPSA) is 50.7 Å². The van der Waals surface area contributed by atoms with Crippen LogP contribution in [0.3, 0.4) is 0 Å². The maximum atomic E-state index is 5.74. The van der Waals surface area contributed by atoms with E-state index in [0.29, 0.717) is 5.95 Å². The Morgan fingerprint density at radius 1 is 1.17 bits per heavy atom. The van der Waals surface area contributed by atoms with Gasteiger partial charge in [0.1, 0.15) is 0 Å². The summed E-state index contributed by atoms with van der Waals surface area (Å²) in [5.74, 6) is 0.372. The van der Waals surface area contributed by atoms with Gasteiger partial charge in [0.15, 0.2) is 0 Å². The highest BCUT2D eigenvalue weighted by molar-refractivity contribution is 8.06. The summed E-state index contributed by atoms with van der Waals surface area (Å²) in [6, 6.07) is 0. The fourth-order valence-electron chi connectivity index (χ4n) is 1.51. The summed E-state index contributed by atoms with van der Waals surface area (Å²) in [4.78, 5) is 13.0. The van der Waals surface area contributed by atoms with Gasteiger partial charge in [-0.3, -0.25) is 0 Å². The molecule has 0 fully saturated rings. The second-order valence-corrected chi connectivity index (χ2v) is 5.82. The molecule has 0 radical (unpaired) electrons. The van der Waals surface area contributed by atoms with Crippen molar-refractivity contribution in [3.05, 3.63) is 32.2 Å². The number of hydrogen-bond donors (Lipinski definition) is 1. The number of thioether (sulfide) groups is 1. The lowest BCUT2D eigenvalue weighted by Crippen LogP contribution is -2.04. The van der Waals surface area contributed by atoms with Gasteiger partial charge in [0.2, 0.25) is 16.5 Å². The monoisotopic (exact) mass is 302 g/mol. The molecule has 7 heteroatoms. The predicted molar refractivity (Wildman–Crippen MR) is 76.8 cm³/mol.